The summed E-state index contributed by atoms with van der Waals surface area (Å²) < 4.78 is 14.0. The Bertz CT molecular complexity index is 275. The highest BCUT2D eigenvalue weighted by molar-refractivity contribution is 7.09. The normalized spacial score (nSPS) is 33.8. The third-order valence-electron chi connectivity index (χ3n) is 2.57. The highest BCUT2D eigenvalue weighted by atomic mass is 32.1. The molecule has 2 N–H and O–H groups in total. The lowest BCUT2D eigenvalue weighted by Gasteiger charge is -2.17. The fourth-order valence-electron chi connectivity index (χ4n) is 1.92. The fourth-order valence-corrected chi connectivity index (χ4v) is 2.64. The van der Waals surface area contributed by atoms with Gasteiger partial charge < -0.3 is 5.73 Å². The lowest BCUT2D eigenvalue weighted by Crippen LogP contribution is -2.25. The van der Waals surface area contributed by atoms with E-state index in [-0.39, 0.29) is 6.04 Å². The summed E-state index contributed by atoms with van der Waals surface area (Å²) in [6.07, 6.45) is 4.16. The minimum atomic E-state index is -1.06. The van der Waals surface area contributed by atoms with E-state index in [0.717, 1.165) is 11.3 Å². The highest BCUT2D eigenvalue weighted by Crippen LogP contribution is 2.36. The number of aromatic nitrogens is 1. The van der Waals surface area contributed by atoms with Crippen LogP contribution < -0.4 is 5.73 Å². The number of rotatable bonds is 2. The van der Waals surface area contributed by atoms with Crippen LogP contribution in [0.15, 0.2) is 11.7 Å². The van der Waals surface area contributed by atoms with Crippen molar-refractivity contribution in [2.24, 2.45) is 5.73 Å². The van der Waals surface area contributed by atoms with Crippen LogP contribution in [0.5, 0.6) is 0 Å². The van der Waals surface area contributed by atoms with Gasteiger partial charge in [0.25, 0.3) is 0 Å². The van der Waals surface area contributed by atoms with Crippen molar-refractivity contribution in [3.63, 3.8) is 0 Å². The molecule has 1 aliphatic carbocycles. The molecule has 1 aromatic rings. The van der Waals surface area contributed by atoms with Gasteiger partial charge in [-0.1, -0.05) is 0 Å². The van der Waals surface area contributed by atoms with Gasteiger partial charge in [-0.3, -0.25) is 4.98 Å². The van der Waals surface area contributed by atoms with E-state index in [0.29, 0.717) is 19.3 Å². The van der Waals surface area contributed by atoms with E-state index in [1.165, 1.54) is 11.3 Å². The fraction of sp³-hybridized carbons (Fsp3) is 0.667. The van der Waals surface area contributed by atoms with Gasteiger partial charge in [0.1, 0.15) is 5.67 Å². The maximum Gasteiger partial charge on any atom is 0.117 e. The first-order chi connectivity index (χ1) is 6.18. The summed E-state index contributed by atoms with van der Waals surface area (Å²) >= 11 is 1.52. The predicted octanol–water partition coefficient (Wildman–Crippen LogP) is 1.91. The zero-order valence-corrected chi connectivity index (χ0v) is 8.19. The monoisotopic (exact) mass is 200 g/mol. The van der Waals surface area contributed by atoms with Crippen molar-refractivity contribution < 1.29 is 4.39 Å². The number of nitrogens with two attached hydrogens (primary N) is 1. The largest absolute Gasteiger partial charge is 0.328 e. The van der Waals surface area contributed by atoms with Gasteiger partial charge in [-0.15, -0.1) is 11.3 Å². The van der Waals surface area contributed by atoms with Crippen molar-refractivity contribution in [1.82, 2.24) is 4.98 Å². The Morgan fingerprint density at radius 2 is 2.62 bits per heavy atom. The van der Waals surface area contributed by atoms with Crippen molar-refractivity contribution in [1.29, 1.82) is 0 Å². The molecule has 0 radical (unpaired) electrons. The van der Waals surface area contributed by atoms with E-state index >= 15 is 0 Å². The van der Waals surface area contributed by atoms with E-state index in [4.69, 9.17) is 5.73 Å². The Labute approximate surface area is 81.0 Å². The lowest BCUT2D eigenvalue weighted by molar-refractivity contribution is 0.172. The second kappa shape index (κ2) is 3.35. The minimum absolute atomic E-state index is 0.0536. The molecular weight excluding hydrogens is 187 g/mol. The van der Waals surface area contributed by atoms with Gasteiger partial charge in [0.2, 0.25) is 0 Å². The molecule has 0 aromatic carbocycles. The molecular formula is C9H13FN2S. The standard InChI is InChI=1S/C9H13FN2S/c10-9(2-1-7(11)3-9)4-8-5-12-6-13-8/h5-7H,1-4,11H2. The topological polar surface area (TPSA) is 38.9 Å². The van der Waals surface area contributed by atoms with E-state index in [9.17, 15) is 4.39 Å². The van der Waals surface area contributed by atoms with Crippen LogP contribution in [0.3, 0.4) is 0 Å². The predicted molar refractivity (Wildman–Crippen MR) is 51.5 cm³/mol. The van der Waals surface area contributed by atoms with Crippen LogP contribution in [0.25, 0.3) is 0 Å². The van der Waals surface area contributed by atoms with Crippen molar-refractivity contribution in [3.05, 3.63) is 16.6 Å². The van der Waals surface area contributed by atoms with Crippen molar-refractivity contribution in [2.45, 2.75) is 37.4 Å². The first kappa shape index (κ1) is 9.09. The van der Waals surface area contributed by atoms with E-state index in [2.05, 4.69) is 4.98 Å². The molecule has 1 aromatic heterocycles. The summed E-state index contributed by atoms with van der Waals surface area (Å²) in [5, 5.41) is 0. The molecule has 1 saturated carbocycles. The van der Waals surface area contributed by atoms with Crippen LogP contribution in [-0.4, -0.2) is 16.7 Å². The average Bonchev–Trinajstić information content (AvgIpc) is 2.62. The molecule has 0 bridgehead atoms. The van der Waals surface area contributed by atoms with Gasteiger partial charge in [0, 0.05) is 23.5 Å². The maximum atomic E-state index is 14.0. The molecule has 0 aliphatic heterocycles. The van der Waals surface area contributed by atoms with Crippen LogP contribution >= 0.6 is 11.3 Å². The molecule has 0 spiro atoms. The molecule has 1 fully saturated rings. The first-order valence-electron chi connectivity index (χ1n) is 4.50. The van der Waals surface area contributed by atoms with Crippen molar-refractivity contribution in [2.75, 3.05) is 0 Å². The number of nitrogens with zero attached hydrogens (tertiary/aromatic N) is 1. The summed E-state index contributed by atoms with van der Waals surface area (Å²) in [7, 11) is 0. The second-order valence-corrected chi connectivity index (χ2v) is 4.77. The summed E-state index contributed by atoms with van der Waals surface area (Å²) in [5.41, 5.74) is 6.37. The smallest absolute Gasteiger partial charge is 0.117 e. The summed E-state index contributed by atoms with van der Waals surface area (Å²) in [6, 6.07) is 0.0536. The molecule has 72 valence electrons. The second-order valence-electron chi connectivity index (χ2n) is 3.80. The van der Waals surface area contributed by atoms with E-state index in [1.807, 2.05) is 0 Å². The molecule has 4 heteroatoms. The molecule has 1 aliphatic rings. The zero-order valence-electron chi connectivity index (χ0n) is 7.37. The molecule has 2 atom stereocenters. The van der Waals surface area contributed by atoms with Gasteiger partial charge in [0.15, 0.2) is 0 Å². The van der Waals surface area contributed by atoms with Gasteiger partial charge in [-0.05, 0) is 19.3 Å². The molecule has 2 unspecified atom stereocenters. The summed E-state index contributed by atoms with van der Waals surface area (Å²) in [6.45, 7) is 0. The number of halogens is 1. The molecule has 2 nitrogen and oxygen atoms in total. The zero-order chi connectivity index (χ0) is 9.31. The van der Waals surface area contributed by atoms with E-state index in [1.54, 1.807) is 11.7 Å². The SMILES string of the molecule is NC1CCC(F)(Cc2cncs2)C1. The molecule has 2 rings (SSSR count). The van der Waals surface area contributed by atoms with Gasteiger partial charge in [0.05, 0.1) is 5.51 Å². The third-order valence-corrected chi connectivity index (χ3v) is 3.35. The number of hydrogen-bond donors (Lipinski definition) is 1. The Hall–Kier alpha value is -0.480. The van der Waals surface area contributed by atoms with Crippen LogP contribution in [0, 0.1) is 0 Å². The Balaban J connectivity index is 2.01. The van der Waals surface area contributed by atoms with Crippen LogP contribution in [0.1, 0.15) is 24.1 Å². The maximum absolute atomic E-state index is 14.0. The number of hydrogen-bond acceptors (Lipinski definition) is 3. The highest BCUT2D eigenvalue weighted by Gasteiger charge is 2.38. The van der Waals surface area contributed by atoms with E-state index < -0.39 is 5.67 Å². The van der Waals surface area contributed by atoms with Crippen LogP contribution in [-0.2, 0) is 6.42 Å². The number of thiazole rings is 1. The quantitative estimate of drug-likeness (QED) is 0.792. The first-order valence-corrected chi connectivity index (χ1v) is 5.38. The average molecular weight is 200 g/mol. The lowest BCUT2D eigenvalue weighted by atomic mass is 9.99. The molecule has 1 heterocycles. The Morgan fingerprint density at radius 1 is 1.77 bits per heavy atom. The molecule has 0 saturated heterocycles. The van der Waals surface area contributed by atoms with Crippen LogP contribution in [0.2, 0.25) is 0 Å². The minimum Gasteiger partial charge on any atom is -0.328 e. The number of alkyl halides is 1. The Morgan fingerprint density at radius 3 is 3.15 bits per heavy atom. The third kappa shape index (κ3) is 2.06. The summed E-state index contributed by atoms with van der Waals surface area (Å²) in [5.74, 6) is 0. The van der Waals surface area contributed by atoms with Gasteiger partial charge in [-0.25, -0.2) is 4.39 Å². The Kier molecular flexibility index (Phi) is 2.34. The van der Waals surface area contributed by atoms with Gasteiger partial charge >= 0.3 is 0 Å². The van der Waals surface area contributed by atoms with Crippen molar-refractivity contribution in [3.8, 4) is 0 Å². The van der Waals surface area contributed by atoms with Crippen LogP contribution in [0.4, 0.5) is 4.39 Å². The summed E-state index contributed by atoms with van der Waals surface area (Å²) in [4.78, 5) is 4.96. The van der Waals surface area contributed by atoms with Crippen molar-refractivity contribution >= 4 is 11.3 Å². The molecule has 13 heavy (non-hydrogen) atoms. The molecule has 0 amide bonds. The van der Waals surface area contributed by atoms with Gasteiger partial charge in [-0.2, -0.15) is 0 Å².